The Morgan fingerprint density at radius 3 is 2.39 bits per heavy atom. The number of hydrogen-bond acceptors (Lipinski definition) is 4. The van der Waals surface area contributed by atoms with E-state index in [9.17, 15) is 9.90 Å². The summed E-state index contributed by atoms with van der Waals surface area (Å²) in [5.74, 6) is -0.0620. The van der Waals surface area contributed by atoms with Gasteiger partial charge >= 0.3 is 0 Å². The van der Waals surface area contributed by atoms with Crippen LogP contribution in [0.15, 0.2) is 67.1 Å². The van der Waals surface area contributed by atoms with Crippen molar-refractivity contribution < 1.29 is 9.90 Å². The smallest absolute Gasteiger partial charge is 0.254 e. The van der Waals surface area contributed by atoms with E-state index in [1.54, 1.807) is 44.4 Å². The third-order valence-electron chi connectivity index (χ3n) is 4.93. The van der Waals surface area contributed by atoms with Gasteiger partial charge in [0.1, 0.15) is 0 Å². The SMILES string of the molecule is C[C@H](c1ccccn1)N(C)C(=O)c1ccc(-c2cncc(C(C)(C)O)c2)cc1. The minimum Gasteiger partial charge on any atom is -0.386 e. The Hall–Kier alpha value is -3.05. The van der Waals surface area contributed by atoms with Gasteiger partial charge in [0.05, 0.1) is 17.3 Å². The van der Waals surface area contributed by atoms with Crippen LogP contribution in [0.25, 0.3) is 11.1 Å². The number of hydrogen-bond donors (Lipinski definition) is 1. The molecular formula is C23H25N3O2. The van der Waals surface area contributed by atoms with Crippen LogP contribution in [0.2, 0.25) is 0 Å². The predicted octanol–water partition coefficient (Wildman–Crippen LogP) is 4.20. The molecule has 0 spiro atoms. The molecule has 0 radical (unpaired) electrons. The summed E-state index contributed by atoms with van der Waals surface area (Å²) in [6.45, 7) is 5.42. The van der Waals surface area contributed by atoms with Crippen molar-refractivity contribution in [1.82, 2.24) is 14.9 Å². The maximum Gasteiger partial charge on any atom is 0.254 e. The van der Waals surface area contributed by atoms with Crippen LogP contribution >= 0.6 is 0 Å². The first-order valence-electron chi connectivity index (χ1n) is 9.24. The number of benzene rings is 1. The molecule has 0 saturated carbocycles. The Morgan fingerprint density at radius 2 is 1.79 bits per heavy atom. The molecule has 3 aromatic rings. The van der Waals surface area contributed by atoms with Crippen molar-refractivity contribution in [2.24, 2.45) is 0 Å². The van der Waals surface area contributed by atoms with Crippen molar-refractivity contribution in [1.29, 1.82) is 0 Å². The Bertz CT molecular complexity index is 948. The van der Waals surface area contributed by atoms with Crippen molar-refractivity contribution >= 4 is 5.91 Å². The Labute approximate surface area is 165 Å². The van der Waals surface area contributed by atoms with Crippen molar-refractivity contribution in [3.05, 3.63) is 83.9 Å². The minimum absolute atomic E-state index is 0.0620. The molecule has 1 N–H and O–H groups in total. The maximum atomic E-state index is 12.8. The topological polar surface area (TPSA) is 66.3 Å². The molecule has 0 aliphatic rings. The van der Waals surface area contributed by atoms with Gasteiger partial charge in [0, 0.05) is 42.3 Å². The molecule has 2 aromatic heterocycles. The summed E-state index contributed by atoms with van der Waals surface area (Å²) in [5, 5.41) is 10.2. The monoisotopic (exact) mass is 375 g/mol. The number of pyridine rings is 2. The summed E-state index contributed by atoms with van der Waals surface area (Å²) < 4.78 is 0. The molecule has 5 nitrogen and oxygen atoms in total. The van der Waals surface area contributed by atoms with Crippen molar-refractivity contribution in [3.8, 4) is 11.1 Å². The van der Waals surface area contributed by atoms with Gasteiger partial charge in [-0.15, -0.1) is 0 Å². The van der Waals surface area contributed by atoms with Gasteiger partial charge in [0.15, 0.2) is 0 Å². The van der Waals surface area contributed by atoms with Crippen LogP contribution in [-0.2, 0) is 5.60 Å². The molecule has 0 aliphatic heterocycles. The van der Waals surface area contributed by atoms with E-state index < -0.39 is 5.60 Å². The predicted molar refractivity (Wildman–Crippen MR) is 110 cm³/mol. The number of nitrogens with zero attached hydrogens (tertiary/aromatic N) is 3. The standard InChI is InChI=1S/C23H25N3O2/c1-16(21-7-5-6-12-25-21)26(4)22(27)18-10-8-17(9-11-18)19-13-20(15-24-14-19)23(2,3)28/h5-16,28H,1-4H3/t16-/m1/s1. The molecule has 0 aliphatic carbocycles. The number of aliphatic hydroxyl groups is 1. The number of carbonyl (C=O) groups excluding carboxylic acids is 1. The fraction of sp³-hybridized carbons (Fsp3) is 0.261. The summed E-state index contributed by atoms with van der Waals surface area (Å²) in [4.78, 5) is 23.1. The number of carbonyl (C=O) groups is 1. The van der Waals surface area contributed by atoms with E-state index in [-0.39, 0.29) is 11.9 Å². The van der Waals surface area contributed by atoms with Gasteiger partial charge in [-0.05, 0) is 56.7 Å². The lowest BCUT2D eigenvalue weighted by atomic mass is 9.96. The molecule has 1 atom stereocenters. The molecule has 28 heavy (non-hydrogen) atoms. The van der Waals surface area contributed by atoms with Crippen LogP contribution < -0.4 is 0 Å². The summed E-state index contributed by atoms with van der Waals surface area (Å²) in [7, 11) is 1.78. The quantitative estimate of drug-likeness (QED) is 0.726. The summed E-state index contributed by atoms with van der Waals surface area (Å²) in [6.07, 6.45) is 5.14. The molecule has 0 saturated heterocycles. The van der Waals surface area contributed by atoms with Crippen LogP contribution in [0.5, 0.6) is 0 Å². The van der Waals surface area contributed by atoms with Crippen LogP contribution in [0.4, 0.5) is 0 Å². The highest BCUT2D eigenvalue weighted by Gasteiger charge is 2.20. The zero-order chi connectivity index (χ0) is 20.3. The Kier molecular flexibility index (Phi) is 5.56. The molecule has 1 aromatic carbocycles. The molecular weight excluding hydrogens is 350 g/mol. The van der Waals surface area contributed by atoms with Gasteiger partial charge in [0.2, 0.25) is 0 Å². The highest BCUT2D eigenvalue weighted by atomic mass is 16.3. The van der Waals surface area contributed by atoms with Gasteiger partial charge in [-0.2, -0.15) is 0 Å². The Morgan fingerprint density at radius 1 is 1.07 bits per heavy atom. The van der Waals surface area contributed by atoms with E-state index in [1.807, 2.05) is 55.5 Å². The minimum atomic E-state index is -0.955. The maximum absolute atomic E-state index is 12.8. The van der Waals surface area contributed by atoms with Crippen molar-refractivity contribution in [2.75, 3.05) is 7.05 Å². The fourth-order valence-electron chi connectivity index (χ4n) is 2.94. The average Bonchev–Trinajstić information content (AvgIpc) is 2.72. The van der Waals surface area contributed by atoms with Crippen LogP contribution in [0.3, 0.4) is 0 Å². The first-order valence-corrected chi connectivity index (χ1v) is 9.24. The van der Waals surface area contributed by atoms with E-state index in [1.165, 1.54) is 0 Å². The summed E-state index contributed by atoms with van der Waals surface area (Å²) in [6, 6.07) is 14.9. The fourth-order valence-corrected chi connectivity index (χ4v) is 2.94. The largest absolute Gasteiger partial charge is 0.386 e. The van der Waals surface area contributed by atoms with Gasteiger partial charge in [-0.25, -0.2) is 0 Å². The van der Waals surface area contributed by atoms with E-state index in [4.69, 9.17) is 0 Å². The van der Waals surface area contributed by atoms with E-state index in [2.05, 4.69) is 9.97 Å². The zero-order valence-corrected chi connectivity index (χ0v) is 16.6. The number of aromatic nitrogens is 2. The molecule has 0 bridgehead atoms. The van der Waals surface area contributed by atoms with E-state index >= 15 is 0 Å². The number of rotatable bonds is 5. The average molecular weight is 375 g/mol. The van der Waals surface area contributed by atoms with Crippen LogP contribution in [0, 0.1) is 0 Å². The van der Waals surface area contributed by atoms with Crippen LogP contribution in [-0.4, -0.2) is 32.9 Å². The molecule has 144 valence electrons. The van der Waals surface area contributed by atoms with Gasteiger partial charge in [-0.1, -0.05) is 18.2 Å². The highest BCUT2D eigenvalue weighted by molar-refractivity contribution is 5.94. The third-order valence-corrected chi connectivity index (χ3v) is 4.93. The lowest BCUT2D eigenvalue weighted by molar-refractivity contribution is 0.0739. The van der Waals surface area contributed by atoms with E-state index in [0.717, 1.165) is 22.4 Å². The number of amides is 1. The lowest BCUT2D eigenvalue weighted by Crippen LogP contribution is -2.30. The second kappa shape index (κ2) is 7.90. The van der Waals surface area contributed by atoms with Gasteiger partial charge in [-0.3, -0.25) is 14.8 Å². The molecule has 1 amide bonds. The normalized spacial score (nSPS) is 12.5. The second-order valence-corrected chi connectivity index (χ2v) is 7.45. The Balaban J connectivity index is 1.80. The van der Waals surface area contributed by atoms with Crippen molar-refractivity contribution in [3.63, 3.8) is 0 Å². The third kappa shape index (κ3) is 4.26. The molecule has 2 heterocycles. The van der Waals surface area contributed by atoms with Crippen LogP contribution in [0.1, 0.15) is 48.4 Å². The molecule has 0 unspecified atom stereocenters. The second-order valence-electron chi connectivity index (χ2n) is 7.45. The summed E-state index contributed by atoms with van der Waals surface area (Å²) in [5.41, 5.74) is 3.09. The first kappa shape index (κ1) is 19.7. The van der Waals surface area contributed by atoms with E-state index in [0.29, 0.717) is 5.56 Å². The molecule has 5 heteroatoms. The van der Waals surface area contributed by atoms with Gasteiger partial charge in [0.25, 0.3) is 5.91 Å². The highest BCUT2D eigenvalue weighted by Crippen LogP contribution is 2.26. The molecule has 3 rings (SSSR count). The molecule has 0 fully saturated rings. The van der Waals surface area contributed by atoms with Crippen molar-refractivity contribution in [2.45, 2.75) is 32.4 Å². The lowest BCUT2D eigenvalue weighted by Gasteiger charge is -2.24. The zero-order valence-electron chi connectivity index (χ0n) is 16.6. The van der Waals surface area contributed by atoms with Gasteiger partial charge < -0.3 is 10.0 Å². The summed E-state index contributed by atoms with van der Waals surface area (Å²) >= 11 is 0. The first-order chi connectivity index (χ1) is 13.3.